The highest BCUT2D eigenvalue weighted by atomic mass is 35.5. The molecule has 0 bridgehead atoms. The van der Waals surface area contributed by atoms with Crippen LogP contribution in [0.2, 0.25) is 0 Å². The molecule has 1 saturated carbocycles. The maximum atomic E-state index is 11.3. The summed E-state index contributed by atoms with van der Waals surface area (Å²) in [5, 5.41) is 6.41. The first-order chi connectivity index (χ1) is 6.33. The Bertz CT molecular complexity index is 205. The third-order valence-electron chi connectivity index (χ3n) is 2.95. The second kappa shape index (κ2) is 5.24. The van der Waals surface area contributed by atoms with Crippen molar-refractivity contribution in [1.82, 2.24) is 10.6 Å². The van der Waals surface area contributed by atoms with Crippen molar-refractivity contribution in [2.45, 2.75) is 12.5 Å². The highest BCUT2D eigenvalue weighted by Crippen LogP contribution is 2.41. The number of piperidine rings is 1. The van der Waals surface area contributed by atoms with Gasteiger partial charge in [0.15, 0.2) is 0 Å². The van der Waals surface area contributed by atoms with E-state index in [1.54, 1.807) is 11.8 Å². The van der Waals surface area contributed by atoms with E-state index in [1.807, 2.05) is 6.26 Å². The summed E-state index contributed by atoms with van der Waals surface area (Å²) >= 11 is 1.73. The van der Waals surface area contributed by atoms with Crippen molar-refractivity contribution >= 4 is 30.1 Å². The van der Waals surface area contributed by atoms with Crippen molar-refractivity contribution in [3.63, 3.8) is 0 Å². The number of fused-ring (bicyclic) bond motifs is 1. The second-order valence-electron chi connectivity index (χ2n) is 3.82. The van der Waals surface area contributed by atoms with Crippen LogP contribution in [-0.4, -0.2) is 37.0 Å². The van der Waals surface area contributed by atoms with Crippen LogP contribution in [0.5, 0.6) is 0 Å². The number of nitrogens with one attached hydrogen (secondary N) is 2. The number of amides is 1. The van der Waals surface area contributed by atoms with Gasteiger partial charge in [0.2, 0.25) is 5.91 Å². The van der Waals surface area contributed by atoms with Gasteiger partial charge in [0.05, 0.1) is 0 Å². The molecule has 2 unspecified atom stereocenters. The van der Waals surface area contributed by atoms with Crippen molar-refractivity contribution in [2.24, 2.45) is 11.8 Å². The van der Waals surface area contributed by atoms with Crippen LogP contribution in [0.3, 0.4) is 0 Å². The molecule has 0 aromatic heterocycles. The van der Waals surface area contributed by atoms with E-state index in [0.717, 1.165) is 30.7 Å². The summed E-state index contributed by atoms with van der Waals surface area (Å²) < 4.78 is 0. The maximum absolute atomic E-state index is 11.3. The molecule has 2 N–H and O–H groups in total. The largest absolute Gasteiger partial charge is 0.353 e. The molecule has 2 rings (SSSR count). The molecule has 14 heavy (non-hydrogen) atoms. The third-order valence-corrected chi connectivity index (χ3v) is 3.56. The predicted octanol–water partition coefficient (Wildman–Crippen LogP) is 0.495. The van der Waals surface area contributed by atoms with Crippen LogP contribution < -0.4 is 10.6 Å². The van der Waals surface area contributed by atoms with Crippen LogP contribution in [0.15, 0.2) is 0 Å². The summed E-state index contributed by atoms with van der Waals surface area (Å²) in [4.78, 5) is 11.3. The van der Waals surface area contributed by atoms with E-state index in [9.17, 15) is 4.79 Å². The van der Waals surface area contributed by atoms with Crippen LogP contribution in [0, 0.1) is 11.8 Å². The monoisotopic (exact) mass is 236 g/mol. The highest BCUT2D eigenvalue weighted by molar-refractivity contribution is 7.98. The van der Waals surface area contributed by atoms with Gasteiger partial charge in [0.1, 0.15) is 0 Å². The molecule has 5 heteroatoms. The Morgan fingerprint density at radius 1 is 1.50 bits per heavy atom. The number of hydrogen-bond donors (Lipinski definition) is 2. The maximum Gasteiger partial charge on any atom is 0.221 e. The number of hydrogen-bond acceptors (Lipinski definition) is 3. The quantitative estimate of drug-likeness (QED) is 0.747. The van der Waals surface area contributed by atoms with Gasteiger partial charge in [-0.15, -0.1) is 12.4 Å². The Morgan fingerprint density at radius 2 is 2.14 bits per heavy atom. The lowest BCUT2D eigenvalue weighted by atomic mass is 10.4. The van der Waals surface area contributed by atoms with E-state index in [4.69, 9.17) is 0 Å². The average Bonchev–Trinajstić information content (AvgIpc) is 2.63. The van der Waals surface area contributed by atoms with Crippen LogP contribution >= 0.6 is 24.2 Å². The molecule has 1 aliphatic carbocycles. The lowest BCUT2D eigenvalue weighted by Crippen LogP contribution is -2.32. The standard InChI is InChI=1S/C9H16N2OS.ClH/c1-13-3-2-8(12)11-9-6-4-10-5-7(6)9;/h6-7,9-10H,2-5H2,1H3,(H,11,12);1H. The van der Waals surface area contributed by atoms with Gasteiger partial charge in [-0.05, 0) is 18.1 Å². The first-order valence-corrected chi connectivity index (χ1v) is 6.21. The molecule has 0 spiro atoms. The fourth-order valence-corrected chi connectivity index (χ4v) is 2.47. The zero-order valence-corrected chi connectivity index (χ0v) is 9.92. The summed E-state index contributed by atoms with van der Waals surface area (Å²) in [6, 6.07) is 0.496. The number of rotatable bonds is 4. The molecule has 2 fully saturated rings. The van der Waals surface area contributed by atoms with Gasteiger partial charge in [-0.25, -0.2) is 0 Å². The van der Waals surface area contributed by atoms with Crippen molar-refractivity contribution in [2.75, 3.05) is 25.1 Å². The van der Waals surface area contributed by atoms with E-state index >= 15 is 0 Å². The van der Waals surface area contributed by atoms with E-state index in [2.05, 4.69) is 10.6 Å². The average molecular weight is 237 g/mol. The van der Waals surface area contributed by atoms with Crippen LogP contribution in [0.4, 0.5) is 0 Å². The number of thioether (sulfide) groups is 1. The molecule has 1 heterocycles. The van der Waals surface area contributed by atoms with Crippen molar-refractivity contribution in [3.05, 3.63) is 0 Å². The Hall–Kier alpha value is 0.0700. The van der Waals surface area contributed by atoms with Crippen LogP contribution in [0.25, 0.3) is 0 Å². The Balaban J connectivity index is 0.000000980. The third kappa shape index (κ3) is 2.55. The summed E-state index contributed by atoms with van der Waals surface area (Å²) in [5.41, 5.74) is 0. The fraction of sp³-hybridized carbons (Fsp3) is 0.889. The summed E-state index contributed by atoms with van der Waals surface area (Å²) in [7, 11) is 0. The highest BCUT2D eigenvalue weighted by Gasteiger charge is 2.53. The molecule has 1 aliphatic heterocycles. The zero-order chi connectivity index (χ0) is 9.26. The Kier molecular flexibility index (Phi) is 4.54. The van der Waals surface area contributed by atoms with E-state index < -0.39 is 0 Å². The molecule has 82 valence electrons. The second-order valence-corrected chi connectivity index (χ2v) is 4.81. The molecule has 0 aromatic carbocycles. The Morgan fingerprint density at radius 3 is 2.71 bits per heavy atom. The van der Waals surface area contributed by atoms with Crippen molar-refractivity contribution in [3.8, 4) is 0 Å². The lowest BCUT2D eigenvalue weighted by Gasteiger charge is -2.06. The molecular weight excluding hydrogens is 220 g/mol. The van der Waals surface area contributed by atoms with Crippen molar-refractivity contribution < 1.29 is 4.79 Å². The number of carbonyl (C=O) groups excluding carboxylic acids is 1. The predicted molar refractivity (Wildman–Crippen MR) is 62.0 cm³/mol. The first-order valence-electron chi connectivity index (χ1n) is 4.82. The van der Waals surface area contributed by atoms with E-state index in [0.29, 0.717) is 12.5 Å². The molecule has 3 nitrogen and oxygen atoms in total. The molecule has 1 amide bonds. The summed E-state index contributed by atoms with van der Waals surface area (Å²) in [6.07, 6.45) is 2.70. The first kappa shape index (κ1) is 12.1. The normalized spacial score (nSPS) is 33.1. The lowest BCUT2D eigenvalue weighted by molar-refractivity contribution is -0.120. The topological polar surface area (TPSA) is 41.1 Å². The van der Waals surface area contributed by atoms with Gasteiger partial charge >= 0.3 is 0 Å². The van der Waals surface area contributed by atoms with Gasteiger partial charge in [-0.1, -0.05) is 0 Å². The summed E-state index contributed by atoms with van der Waals surface area (Å²) in [6.45, 7) is 2.19. The molecule has 0 radical (unpaired) electrons. The minimum Gasteiger partial charge on any atom is -0.353 e. The fourth-order valence-electron chi connectivity index (χ4n) is 2.09. The van der Waals surface area contributed by atoms with Gasteiger partial charge in [-0.3, -0.25) is 4.79 Å². The Labute approximate surface area is 95.2 Å². The number of carbonyl (C=O) groups is 1. The van der Waals surface area contributed by atoms with Crippen LogP contribution in [-0.2, 0) is 4.79 Å². The molecule has 2 atom stereocenters. The van der Waals surface area contributed by atoms with E-state index in [1.165, 1.54) is 0 Å². The smallest absolute Gasteiger partial charge is 0.221 e. The minimum atomic E-state index is 0. The van der Waals surface area contributed by atoms with Gasteiger partial charge in [0.25, 0.3) is 0 Å². The van der Waals surface area contributed by atoms with Crippen LogP contribution in [0.1, 0.15) is 6.42 Å². The number of halogens is 1. The molecule has 0 aromatic rings. The van der Waals surface area contributed by atoms with Gasteiger partial charge in [0, 0.05) is 31.3 Å². The van der Waals surface area contributed by atoms with E-state index in [-0.39, 0.29) is 18.3 Å². The molecular formula is C9H17ClN2OS. The van der Waals surface area contributed by atoms with Crippen molar-refractivity contribution in [1.29, 1.82) is 0 Å². The molecule has 1 saturated heterocycles. The molecule has 2 aliphatic rings. The zero-order valence-electron chi connectivity index (χ0n) is 8.29. The SMILES string of the molecule is CSCCC(=O)NC1C2CNCC21.Cl. The van der Waals surface area contributed by atoms with Gasteiger partial charge in [-0.2, -0.15) is 11.8 Å². The van der Waals surface area contributed by atoms with Gasteiger partial charge < -0.3 is 10.6 Å². The minimum absolute atomic E-state index is 0. The summed E-state index contributed by atoms with van der Waals surface area (Å²) in [5.74, 6) is 2.64.